The van der Waals surface area contributed by atoms with E-state index in [4.69, 9.17) is 22.4 Å². The van der Waals surface area contributed by atoms with Crippen molar-refractivity contribution in [3.05, 3.63) is 98.6 Å². The van der Waals surface area contributed by atoms with Crippen molar-refractivity contribution in [1.29, 1.82) is 0 Å². The summed E-state index contributed by atoms with van der Waals surface area (Å²) in [4.78, 5) is 46.0. The number of carboxylic acid groups (broad SMARTS) is 1. The SMILES string of the molecule is COC(=O)c1cccc(N(C)C(=O)c2cc([N+](=O)[O-])ccc2Cl)c1.Nc1cccc(C(=O)O)c1. The highest BCUT2D eigenvalue weighted by molar-refractivity contribution is 6.34. The molecule has 0 spiro atoms. The molecule has 0 saturated heterocycles. The van der Waals surface area contributed by atoms with E-state index < -0.39 is 22.8 Å². The summed E-state index contributed by atoms with van der Waals surface area (Å²) in [5.41, 5.74) is 6.49. The zero-order chi connectivity index (χ0) is 25.4. The van der Waals surface area contributed by atoms with Crippen LogP contribution in [0.15, 0.2) is 66.7 Å². The second-order valence-corrected chi connectivity index (χ2v) is 7.17. The number of aromatic carboxylic acids is 1. The molecule has 1 amide bonds. The third kappa shape index (κ3) is 6.53. The van der Waals surface area contributed by atoms with Gasteiger partial charge in [-0.05, 0) is 42.5 Å². The summed E-state index contributed by atoms with van der Waals surface area (Å²) < 4.78 is 4.64. The van der Waals surface area contributed by atoms with E-state index in [2.05, 4.69) is 4.74 Å². The number of nitrogens with zero attached hydrogens (tertiary/aromatic N) is 2. The standard InChI is InChI=1S/C16H13ClN2O5.C7H7NO2/c1-18(11-5-3-4-10(8-11)16(21)24-2)15(20)13-9-12(19(22)23)6-7-14(13)17;8-6-3-1-2-5(4-6)7(9)10/h3-9H,1-2H3;1-4H,8H2,(H,9,10). The molecule has 0 radical (unpaired) electrons. The molecule has 34 heavy (non-hydrogen) atoms. The largest absolute Gasteiger partial charge is 0.478 e. The van der Waals surface area contributed by atoms with E-state index >= 15 is 0 Å². The number of methoxy groups -OCH3 is 1. The molecule has 0 atom stereocenters. The average Bonchev–Trinajstić information content (AvgIpc) is 2.83. The molecule has 3 aromatic carbocycles. The fourth-order valence-electron chi connectivity index (χ4n) is 2.72. The second-order valence-electron chi connectivity index (χ2n) is 6.76. The molecule has 176 valence electrons. The minimum absolute atomic E-state index is 0.00293. The Balaban J connectivity index is 0.000000340. The normalized spacial score (nSPS) is 9.85. The van der Waals surface area contributed by atoms with Gasteiger partial charge in [0.05, 0.1) is 33.7 Å². The van der Waals surface area contributed by atoms with Crippen LogP contribution in [0.1, 0.15) is 31.1 Å². The number of nitrogens with two attached hydrogens (primary N) is 1. The van der Waals surface area contributed by atoms with E-state index in [1.807, 2.05) is 0 Å². The highest BCUT2D eigenvalue weighted by Crippen LogP contribution is 2.25. The number of amides is 1. The predicted molar refractivity (Wildman–Crippen MR) is 126 cm³/mol. The van der Waals surface area contributed by atoms with Crippen LogP contribution < -0.4 is 10.6 Å². The zero-order valence-electron chi connectivity index (χ0n) is 18.1. The summed E-state index contributed by atoms with van der Waals surface area (Å²) in [7, 11) is 2.74. The highest BCUT2D eigenvalue weighted by atomic mass is 35.5. The van der Waals surface area contributed by atoms with Gasteiger partial charge in [-0.25, -0.2) is 9.59 Å². The lowest BCUT2D eigenvalue weighted by Crippen LogP contribution is -2.26. The van der Waals surface area contributed by atoms with Gasteiger partial charge in [0.25, 0.3) is 11.6 Å². The molecule has 0 aromatic heterocycles. The van der Waals surface area contributed by atoms with Crippen LogP contribution in [0.2, 0.25) is 5.02 Å². The Hall–Kier alpha value is -4.44. The number of nitrogen functional groups attached to an aromatic ring is 1. The number of rotatable bonds is 5. The molecule has 0 aliphatic rings. The van der Waals surface area contributed by atoms with Gasteiger partial charge in [0.1, 0.15) is 0 Å². The van der Waals surface area contributed by atoms with E-state index in [-0.39, 0.29) is 27.4 Å². The highest BCUT2D eigenvalue weighted by Gasteiger charge is 2.20. The summed E-state index contributed by atoms with van der Waals surface area (Å²) in [5, 5.41) is 19.4. The molecule has 0 unspecified atom stereocenters. The van der Waals surface area contributed by atoms with Gasteiger partial charge in [0, 0.05) is 30.6 Å². The maximum Gasteiger partial charge on any atom is 0.337 e. The lowest BCUT2D eigenvalue weighted by molar-refractivity contribution is -0.384. The maximum atomic E-state index is 12.6. The smallest absolute Gasteiger partial charge is 0.337 e. The summed E-state index contributed by atoms with van der Waals surface area (Å²) in [5.74, 6) is -2.02. The molecule has 10 nitrogen and oxygen atoms in total. The molecule has 0 saturated carbocycles. The number of anilines is 2. The first kappa shape index (κ1) is 25.8. The van der Waals surface area contributed by atoms with Crippen molar-refractivity contribution in [2.75, 3.05) is 24.8 Å². The van der Waals surface area contributed by atoms with E-state index in [1.165, 1.54) is 49.4 Å². The molecular weight excluding hydrogens is 466 g/mol. The van der Waals surface area contributed by atoms with Crippen LogP contribution in [-0.4, -0.2) is 42.0 Å². The fourth-order valence-corrected chi connectivity index (χ4v) is 2.92. The number of hydrogen-bond acceptors (Lipinski definition) is 7. The molecule has 3 aromatic rings. The Morgan fingerprint density at radius 2 is 1.68 bits per heavy atom. The molecule has 3 N–H and O–H groups in total. The van der Waals surface area contributed by atoms with Gasteiger partial charge in [-0.3, -0.25) is 14.9 Å². The summed E-state index contributed by atoms with van der Waals surface area (Å²) in [6.45, 7) is 0. The Morgan fingerprint density at radius 1 is 1.03 bits per heavy atom. The molecule has 11 heteroatoms. The Kier molecular flexibility index (Phi) is 8.68. The van der Waals surface area contributed by atoms with Gasteiger partial charge >= 0.3 is 11.9 Å². The number of carboxylic acids is 1. The van der Waals surface area contributed by atoms with Crippen LogP contribution >= 0.6 is 11.6 Å². The molecule has 0 aliphatic carbocycles. The Bertz CT molecular complexity index is 1250. The number of esters is 1. The second kappa shape index (κ2) is 11.4. The third-order valence-corrected chi connectivity index (χ3v) is 4.81. The first-order valence-electron chi connectivity index (χ1n) is 9.54. The van der Waals surface area contributed by atoms with Crippen molar-refractivity contribution in [1.82, 2.24) is 0 Å². The number of non-ortho nitro benzene ring substituents is 1. The van der Waals surface area contributed by atoms with E-state index in [1.54, 1.807) is 30.3 Å². The van der Waals surface area contributed by atoms with Gasteiger partial charge in [-0.15, -0.1) is 0 Å². The number of nitro groups is 1. The van der Waals surface area contributed by atoms with E-state index in [0.717, 1.165) is 6.07 Å². The van der Waals surface area contributed by atoms with E-state index in [0.29, 0.717) is 11.4 Å². The maximum absolute atomic E-state index is 12.6. The molecule has 0 bridgehead atoms. The van der Waals surface area contributed by atoms with E-state index in [9.17, 15) is 24.5 Å². The van der Waals surface area contributed by atoms with Gasteiger partial charge in [0.15, 0.2) is 0 Å². The number of hydrogen-bond donors (Lipinski definition) is 2. The quantitative estimate of drug-likeness (QED) is 0.235. The molecule has 0 fully saturated rings. The van der Waals surface area contributed by atoms with Gasteiger partial charge in [-0.1, -0.05) is 23.7 Å². The fraction of sp³-hybridized carbons (Fsp3) is 0.0870. The van der Waals surface area contributed by atoms with Crippen LogP contribution in [0, 0.1) is 10.1 Å². The average molecular weight is 486 g/mol. The van der Waals surface area contributed by atoms with Crippen LogP contribution in [0.5, 0.6) is 0 Å². The molecule has 3 rings (SSSR count). The van der Waals surface area contributed by atoms with Gasteiger partial charge in [0.2, 0.25) is 0 Å². The van der Waals surface area contributed by atoms with Crippen molar-refractivity contribution in [3.8, 4) is 0 Å². The molecule has 0 heterocycles. The first-order valence-corrected chi connectivity index (χ1v) is 9.92. The number of ether oxygens (including phenoxy) is 1. The summed E-state index contributed by atoms with van der Waals surface area (Å²) in [6.07, 6.45) is 0. The predicted octanol–water partition coefficient (Wildman–Crippen LogP) is 4.28. The minimum atomic E-state index is -0.952. The number of halogens is 1. The van der Waals surface area contributed by atoms with Crippen molar-refractivity contribution in [3.63, 3.8) is 0 Å². The van der Waals surface area contributed by atoms with Crippen molar-refractivity contribution in [2.24, 2.45) is 0 Å². The monoisotopic (exact) mass is 485 g/mol. The minimum Gasteiger partial charge on any atom is -0.478 e. The molecule has 0 aliphatic heterocycles. The van der Waals surface area contributed by atoms with Crippen LogP contribution in [-0.2, 0) is 4.74 Å². The van der Waals surface area contributed by atoms with Gasteiger partial charge in [-0.2, -0.15) is 0 Å². The first-order chi connectivity index (χ1) is 16.0. The lowest BCUT2D eigenvalue weighted by atomic mass is 10.1. The summed E-state index contributed by atoms with van der Waals surface area (Å²) in [6, 6.07) is 16.1. The van der Waals surface area contributed by atoms with Gasteiger partial charge < -0.3 is 20.5 Å². The number of carbonyl (C=O) groups is 3. The Morgan fingerprint density at radius 3 is 2.24 bits per heavy atom. The van der Waals surface area contributed by atoms with Crippen LogP contribution in [0.25, 0.3) is 0 Å². The third-order valence-electron chi connectivity index (χ3n) is 4.48. The number of nitro benzene ring substituents is 1. The zero-order valence-corrected chi connectivity index (χ0v) is 18.9. The topological polar surface area (TPSA) is 153 Å². The van der Waals surface area contributed by atoms with Crippen molar-refractivity contribution < 1.29 is 29.2 Å². The summed E-state index contributed by atoms with van der Waals surface area (Å²) >= 11 is 5.99. The number of carbonyl (C=O) groups excluding carboxylic acids is 2. The van der Waals surface area contributed by atoms with Crippen LogP contribution in [0.4, 0.5) is 17.1 Å². The number of benzene rings is 3. The molecular formula is C23H20ClN3O7. The van der Waals surface area contributed by atoms with Crippen molar-refractivity contribution in [2.45, 2.75) is 0 Å². The van der Waals surface area contributed by atoms with Crippen LogP contribution in [0.3, 0.4) is 0 Å². The Labute approximate surface area is 199 Å². The van der Waals surface area contributed by atoms with Crippen molar-refractivity contribution >= 4 is 46.5 Å². The lowest BCUT2D eigenvalue weighted by Gasteiger charge is -2.18.